The van der Waals surface area contributed by atoms with Gasteiger partial charge in [0.25, 0.3) is 0 Å². The van der Waals surface area contributed by atoms with Crippen molar-refractivity contribution in [2.24, 2.45) is 0 Å². The molecule has 0 aromatic heterocycles. The van der Waals surface area contributed by atoms with Crippen molar-refractivity contribution in [3.63, 3.8) is 0 Å². The van der Waals surface area contributed by atoms with Gasteiger partial charge < -0.3 is 19.5 Å². The van der Waals surface area contributed by atoms with E-state index >= 15 is 0 Å². The maximum atomic E-state index is 10.6. The predicted molar refractivity (Wildman–Crippen MR) is 111 cm³/mol. The minimum Gasteiger partial charge on any atom is -0.485 e. The molecule has 1 atom stereocenters. The van der Waals surface area contributed by atoms with Gasteiger partial charge in [0.1, 0.15) is 6.61 Å². The van der Waals surface area contributed by atoms with Gasteiger partial charge in [-0.05, 0) is 55.3 Å². The molecule has 2 aromatic rings. The van der Waals surface area contributed by atoms with E-state index in [4.69, 9.17) is 9.47 Å². The zero-order valence-corrected chi connectivity index (χ0v) is 16.2. The lowest BCUT2D eigenvalue weighted by molar-refractivity contribution is 0.153. The first kappa shape index (κ1) is 18.8. The fraction of sp³-hybridized carbons (Fsp3) is 0.391. The molecular weight excluding hydrogens is 352 g/mol. The molecule has 4 rings (SSSR count). The SMILES string of the molecule is OC(CCCN1CCN(c2ccccc2)CC1)c1ccc2c(c1)OCC=CO2. The highest BCUT2D eigenvalue weighted by Crippen LogP contribution is 2.33. The Balaban J connectivity index is 1.22. The molecule has 1 N–H and O–H groups in total. The van der Waals surface area contributed by atoms with Crippen molar-refractivity contribution in [3.05, 3.63) is 66.4 Å². The van der Waals surface area contributed by atoms with Crippen LogP contribution in [0.1, 0.15) is 24.5 Å². The fourth-order valence-corrected chi connectivity index (χ4v) is 3.78. The second-order valence-corrected chi connectivity index (χ2v) is 7.33. The first-order valence-corrected chi connectivity index (χ1v) is 10.1. The lowest BCUT2D eigenvalue weighted by Crippen LogP contribution is -2.46. The van der Waals surface area contributed by atoms with E-state index in [1.165, 1.54) is 5.69 Å². The van der Waals surface area contributed by atoms with Crippen LogP contribution in [0.25, 0.3) is 0 Å². The number of rotatable bonds is 6. The zero-order valence-electron chi connectivity index (χ0n) is 16.2. The van der Waals surface area contributed by atoms with Crippen LogP contribution in [0.3, 0.4) is 0 Å². The van der Waals surface area contributed by atoms with Gasteiger partial charge in [-0.2, -0.15) is 0 Å². The van der Waals surface area contributed by atoms with E-state index in [1.807, 2.05) is 24.3 Å². The number of anilines is 1. The van der Waals surface area contributed by atoms with Gasteiger partial charge in [-0.3, -0.25) is 4.90 Å². The van der Waals surface area contributed by atoms with Crippen LogP contribution in [-0.2, 0) is 0 Å². The van der Waals surface area contributed by atoms with Crippen LogP contribution in [-0.4, -0.2) is 49.3 Å². The summed E-state index contributed by atoms with van der Waals surface area (Å²) in [6.07, 6.45) is 4.71. The molecule has 0 aliphatic carbocycles. The highest BCUT2D eigenvalue weighted by molar-refractivity contribution is 5.46. The van der Waals surface area contributed by atoms with Crippen molar-refractivity contribution >= 4 is 5.69 Å². The molecule has 0 bridgehead atoms. The number of hydrogen-bond acceptors (Lipinski definition) is 5. The first-order chi connectivity index (χ1) is 13.8. The fourth-order valence-electron chi connectivity index (χ4n) is 3.78. The summed E-state index contributed by atoms with van der Waals surface area (Å²) in [6, 6.07) is 16.3. The van der Waals surface area contributed by atoms with Crippen LogP contribution in [0.4, 0.5) is 5.69 Å². The zero-order chi connectivity index (χ0) is 19.2. The Morgan fingerprint density at radius 1 is 0.964 bits per heavy atom. The minimum absolute atomic E-state index is 0.476. The Bertz CT molecular complexity index is 786. The summed E-state index contributed by atoms with van der Waals surface area (Å²) in [5, 5.41) is 10.6. The van der Waals surface area contributed by atoms with Crippen LogP contribution in [0.5, 0.6) is 11.5 Å². The smallest absolute Gasteiger partial charge is 0.168 e. The lowest BCUT2D eigenvalue weighted by Gasteiger charge is -2.36. The molecular formula is C23H28N2O3. The minimum atomic E-state index is -0.476. The Kier molecular flexibility index (Phi) is 6.14. The second-order valence-electron chi connectivity index (χ2n) is 7.33. The third kappa shape index (κ3) is 4.66. The van der Waals surface area contributed by atoms with Crippen LogP contribution >= 0.6 is 0 Å². The van der Waals surface area contributed by atoms with Gasteiger partial charge in [0.05, 0.1) is 12.4 Å². The molecule has 2 heterocycles. The highest BCUT2D eigenvalue weighted by atomic mass is 16.5. The average Bonchev–Trinajstić information content (AvgIpc) is 2.99. The van der Waals surface area contributed by atoms with Crippen molar-refractivity contribution in [1.82, 2.24) is 4.90 Å². The Hall–Kier alpha value is -2.50. The third-order valence-electron chi connectivity index (χ3n) is 5.42. The summed E-state index contributed by atoms with van der Waals surface area (Å²) in [4.78, 5) is 4.93. The number of benzene rings is 2. The first-order valence-electron chi connectivity index (χ1n) is 10.1. The number of ether oxygens (including phenoxy) is 2. The number of aliphatic hydroxyl groups excluding tert-OH is 1. The molecule has 1 saturated heterocycles. The molecule has 1 unspecified atom stereocenters. The largest absolute Gasteiger partial charge is 0.485 e. The second kappa shape index (κ2) is 9.13. The van der Waals surface area contributed by atoms with Crippen molar-refractivity contribution < 1.29 is 14.6 Å². The van der Waals surface area contributed by atoms with Crippen molar-refractivity contribution in [1.29, 1.82) is 0 Å². The van der Waals surface area contributed by atoms with Crippen LogP contribution < -0.4 is 14.4 Å². The van der Waals surface area contributed by atoms with Crippen LogP contribution in [0.2, 0.25) is 0 Å². The van der Waals surface area contributed by atoms with E-state index in [1.54, 1.807) is 6.26 Å². The number of aliphatic hydroxyl groups is 1. The molecule has 0 spiro atoms. The summed E-state index contributed by atoms with van der Waals surface area (Å²) >= 11 is 0. The Morgan fingerprint density at radius 3 is 2.61 bits per heavy atom. The van der Waals surface area contributed by atoms with E-state index < -0.39 is 6.10 Å². The molecule has 2 aliphatic heterocycles. The van der Waals surface area contributed by atoms with Crippen molar-refractivity contribution in [2.75, 3.05) is 44.2 Å². The van der Waals surface area contributed by atoms with Crippen molar-refractivity contribution in [3.8, 4) is 11.5 Å². The van der Waals surface area contributed by atoms with E-state index in [-0.39, 0.29) is 0 Å². The van der Waals surface area contributed by atoms with Crippen LogP contribution in [0, 0.1) is 0 Å². The summed E-state index contributed by atoms with van der Waals surface area (Å²) in [6.45, 7) is 5.77. The Labute approximate surface area is 166 Å². The topological polar surface area (TPSA) is 45.2 Å². The maximum Gasteiger partial charge on any atom is 0.168 e. The summed E-state index contributed by atoms with van der Waals surface area (Å²) in [5.74, 6) is 1.39. The van der Waals surface area contributed by atoms with Crippen molar-refractivity contribution in [2.45, 2.75) is 18.9 Å². The van der Waals surface area contributed by atoms with Gasteiger partial charge in [0.2, 0.25) is 0 Å². The Morgan fingerprint density at radius 2 is 1.79 bits per heavy atom. The van der Waals surface area contributed by atoms with E-state index in [2.05, 4.69) is 40.1 Å². The summed E-state index contributed by atoms with van der Waals surface area (Å²) in [5.41, 5.74) is 2.19. The molecule has 2 aromatic carbocycles. The molecule has 0 saturated carbocycles. The average molecular weight is 380 g/mol. The highest BCUT2D eigenvalue weighted by Gasteiger charge is 2.18. The monoisotopic (exact) mass is 380 g/mol. The molecule has 28 heavy (non-hydrogen) atoms. The van der Waals surface area contributed by atoms with Gasteiger partial charge in [-0.25, -0.2) is 0 Å². The lowest BCUT2D eigenvalue weighted by atomic mass is 10.0. The predicted octanol–water partition coefficient (Wildman–Crippen LogP) is 3.61. The molecule has 2 aliphatic rings. The molecule has 0 radical (unpaired) electrons. The molecule has 1 fully saturated rings. The standard InChI is InChI=1S/C23H28N2O3/c26-21(19-9-10-22-23(18-19)28-17-5-16-27-22)8-4-11-24-12-14-25(15-13-24)20-6-2-1-3-7-20/h1-3,5-7,9-10,16,18,21,26H,4,8,11-15,17H2. The molecule has 5 heteroatoms. The van der Waals surface area contributed by atoms with Gasteiger partial charge >= 0.3 is 0 Å². The summed E-state index contributed by atoms with van der Waals surface area (Å²) < 4.78 is 11.1. The summed E-state index contributed by atoms with van der Waals surface area (Å²) in [7, 11) is 0. The molecule has 0 amide bonds. The number of piperazine rings is 1. The maximum absolute atomic E-state index is 10.6. The number of fused-ring (bicyclic) bond motifs is 1. The van der Waals surface area contributed by atoms with E-state index in [0.29, 0.717) is 18.1 Å². The van der Waals surface area contributed by atoms with Crippen LogP contribution in [0.15, 0.2) is 60.9 Å². The van der Waals surface area contributed by atoms with E-state index in [9.17, 15) is 5.11 Å². The van der Waals surface area contributed by atoms with E-state index in [0.717, 1.165) is 51.1 Å². The van der Waals surface area contributed by atoms with Gasteiger partial charge in [-0.15, -0.1) is 0 Å². The molecule has 5 nitrogen and oxygen atoms in total. The quantitative estimate of drug-likeness (QED) is 0.830. The van der Waals surface area contributed by atoms with Gasteiger partial charge in [0, 0.05) is 31.9 Å². The van der Waals surface area contributed by atoms with Gasteiger partial charge in [0.15, 0.2) is 11.5 Å². The number of hydrogen-bond donors (Lipinski definition) is 1. The van der Waals surface area contributed by atoms with Gasteiger partial charge in [-0.1, -0.05) is 24.3 Å². The third-order valence-corrected chi connectivity index (χ3v) is 5.42. The normalized spacial score (nSPS) is 18.0. The number of para-hydroxylation sites is 1. The number of nitrogens with zero attached hydrogens (tertiary/aromatic N) is 2. The molecule has 148 valence electrons.